The molecule has 0 radical (unpaired) electrons. The highest BCUT2D eigenvalue weighted by molar-refractivity contribution is 7.92. The maximum Gasteiger partial charge on any atom is 0.233 e. The third kappa shape index (κ3) is 3.99. The molecule has 0 fully saturated rings. The van der Waals surface area contributed by atoms with Crippen LogP contribution in [0.4, 0.5) is 17.7 Å². The molecule has 0 aliphatic carbocycles. The Kier molecular flexibility index (Phi) is 4.80. The Hall–Kier alpha value is -3.60. The number of hydrogen-bond donors (Lipinski definition) is 1. The molecule has 0 saturated heterocycles. The van der Waals surface area contributed by atoms with Gasteiger partial charge in [-0.15, -0.1) is 0 Å². The number of aromatic nitrogens is 6. The third-order valence-electron chi connectivity index (χ3n) is 4.30. The van der Waals surface area contributed by atoms with Gasteiger partial charge in [-0.05, 0) is 18.2 Å². The highest BCUT2D eigenvalue weighted by Crippen LogP contribution is 2.22. The SMILES string of the molecule is CN(c1ncccc1Cn1ccc2cnc(Nc3ncccn3)nc21)S(C)(=O)=O. The van der Waals surface area contributed by atoms with Crippen molar-refractivity contribution in [2.75, 3.05) is 22.9 Å². The zero-order chi connectivity index (χ0) is 20.4. The third-order valence-corrected chi connectivity index (χ3v) is 5.46. The predicted octanol–water partition coefficient (Wildman–Crippen LogP) is 1.80. The van der Waals surface area contributed by atoms with Gasteiger partial charge in [0.15, 0.2) is 0 Å². The molecule has 4 aromatic heterocycles. The summed E-state index contributed by atoms with van der Waals surface area (Å²) in [6, 6.07) is 7.23. The molecule has 4 aromatic rings. The minimum Gasteiger partial charge on any atom is -0.328 e. The second-order valence-electron chi connectivity index (χ2n) is 6.33. The maximum atomic E-state index is 12.0. The number of rotatable bonds is 6. The standard InChI is InChI=1S/C18H18N8O2S/c1-25(29(2,27)28)15-14(5-3-7-19-15)12-26-10-6-13-11-22-18(23-16(13)26)24-17-20-8-4-9-21-17/h3-11H,12H2,1-2H3,(H,20,21,22,23,24). The van der Waals surface area contributed by atoms with Gasteiger partial charge in [-0.2, -0.15) is 4.98 Å². The molecule has 148 valence electrons. The Labute approximate surface area is 167 Å². The number of anilines is 3. The zero-order valence-electron chi connectivity index (χ0n) is 15.8. The average molecular weight is 410 g/mol. The Morgan fingerprint density at radius 2 is 1.79 bits per heavy atom. The van der Waals surface area contributed by atoms with Crippen molar-refractivity contribution in [1.29, 1.82) is 0 Å². The summed E-state index contributed by atoms with van der Waals surface area (Å²) in [6.45, 7) is 0.394. The van der Waals surface area contributed by atoms with Crippen molar-refractivity contribution in [2.24, 2.45) is 0 Å². The van der Waals surface area contributed by atoms with E-state index in [1.165, 1.54) is 11.4 Å². The minimum atomic E-state index is -3.43. The van der Waals surface area contributed by atoms with E-state index in [-0.39, 0.29) is 0 Å². The summed E-state index contributed by atoms with van der Waals surface area (Å²) < 4.78 is 27.0. The van der Waals surface area contributed by atoms with Crippen molar-refractivity contribution >= 4 is 38.8 Å². The van der Waals surface area contributed by atoms with Crippen LogP contribution in [0.25, 0.3) is 11.0 Å². The fourth-order valence-corrected chi connectivity index (χ4v) is 3.28. The van der Waals surface area contributed by atoms with Gasteiger partial charge in [-0.1, -0.05) is 6.07 Å². The molecule has 0 atom stereocenters. The van der Waals surface area contributed by atoms with Crippen LogP contribution < -0.4 is 9.62 Å². The Balaban J connectivity index is 1.68. The first kappa shape index (κ1) is 18.7. The molecule has 4 heterocycles. The molecule has 0 unspecified atom stereocenters. The summed E-state index contributed by atoms with van der Waals surface area (Å²) in [4.78, 5) is 21.3. The van der Waals surface area contributed by atoms with Crippen molar-refractivity contribution in [2.45, 2.75) is 6.54 Å². The number of sulfonamides is 1. The topological polar surface area (TPSA) is 119 Å². The van der Waals surface area contributed by atoms with Gasteiger partial charge >= 0.3 is 0 Å². The van der Waals surface area contributed by atoms with Gasteiger partial charge in [0.2, 0.25) is 21.9 Å². The van der Waals surface area contributed by atoms with Crippen LogP contribution in [0, 0.1) is 0 Å². The van der Waals surface area contributed by atoms with Crippen LogP contribution in [-0.2, 0) is 16.6 Å². The first-order chi connectivity index (χ1) is 13.9. The van der Waals surface area contributed by atoms with Crippen LogP contribution in [0.3, 0.4) is 0 Å². The second kappa shape index (κ2) is 7.43. The first-order valence-electron chi connectivity index (χ1n) is 8.65. The van der Waals surface area contributed by atoms with Gasteiger partial charge in [0.05, 0.1) is 12.8 Å². The van der Waals surface area contributed by atoms with Gasteiger partial charge in [-0.3, -0.25) is 9.62 Å². The molecule has 0 aromatic carbocycles. The molecule has 1 N–H and O–H groups in total. The molecule has 4 rings (SSSR count). The van der Waals surface area contributed by atoms with Crippen LogP contribution in [-0.4, -0.2) is 51.2 Å². The molecule has 0 aliphatic heterocycles. The lowest BCUT2D eigenvalue weighted by atomic mass is 10.2. The molecule has 11 heteroatoms. The molecule has 0 saturated carbocycles. The number of nitrogens with one attached hydrogen (secondary N) is 1. The second-order valence-corrected chi connectivity index (χ2v) is 8.34. The molecule has 0 bridgehead atoms. The van der Waals surface area contributed by atoms with Gasteiger partial charge in [-0.25, -0.2) is 28.4 Å². The van der Waals surface area contributed by atoms with E-state index in [0.717, 1.165) is 17.2 Å². The maximum absolute atomic E-state index is 12.0. The van der Waals surface area contributed by atoms with E-state index in [0.29, 0.717) is 29.9 Å². The summed E-state index contributed by atoms with van der Waals surface area (Å²) in [5.41, 5.74) is 1.44. The predicted molar refractivity (Wildman–Crippen MR) is 109 cm³/mol. The van der Waals surface area contributed by atoms with Crippen molar-refractivity contribution in [3.05, 3.63) is 60.8 Å². The van der Waals surface area contributed by atoms with E-state index in [2.05, 4.69) is 30.2 Å². The number of pyridine rings is 1. The van der Waals surface area contributed by atoms with E-state index >= 15 is 0 Å². The highest BCUT2D eigenvalue weighted by Gasteiger charge is 2.18. The normalized spacial score (nSPS) is 11.5. The highest BCUT2D eigenvalue weighted by atomic mass is 32.2. The van der Waals surface area contributed by atoms with Crippen LogP contribution >= 0.6 is 0 Å². The average Bonchev–Trinajstić information content (AvgIpc) is 3.10. The fraction of sp³-hybridized carbons (Fsp3) is 0.167. The van der Waals surface area contributed by atoms with Crippen LogP contribution in [0.5, 0.6) is 0 Å². The molecule has 0 spiro atoms. The summed E-state index contributed by atoms with van der Waals surface area (Å²) in [5.74, 6) is 1.14. The Morgan fingerprint density at radius 1 is 1.03 bits per heavy atom. The molecule has 10 nitrogen and oxygen atoms in total. The molecule has 0 aliphatic rings. The zero-order valence-corrected chi connectivity index (χ0v) is 16.6. The molecule has 29 heavy (non-hydrogen) atoms. The lowest BCUT2D eigenvalue weighted by molar-refractivity contribution is 0.599. The minimum absolute atomic E-state index is 0.364. The van der Waals surface area contributed by atoms with Gasteiger partial charge in [0.1, 0.15) is 11.5 Å². The molecular weight excluding hydrogens is 392 g/mol. The van der Waals surface area contributed by atoms with Gasteiger partial charge in [0, 0.05) is 49.0 Å². The number of hydrogen-bond acceptors (Lipinski definition) is 8. The van der Waals surface area contributed by atoms with E-state index in [1.54, 1.807) is 36.9 Å². The van der Waals surface area contributed by atoms with Crippen molar-refractivity contribution in [1.82, 2.24) is 29.5 Å². The number of nitrogens with zero attached hydrogens (tertiary/aromatic N) is 7. The van der Waals surface area contributed by atoms with E-state index in [9.17, 15) is 8.42 Å². The lowest BCUT2D eigenvalue weighted by Gasteiger charge is -2.19. The fourth-order valence-electron chi connectivity index (χ4n) is 2.80. The van der Waals surface area contributed by atoms with Gasteiger partial charge in [0.25, 0.3) is 0 Å². The van der Waals surface area contributed by atoms with E-state index in [1.807, 2.05) is 22.9 Å². The van der Waals surface area contributed by atoms with E-state index < -0.39 is 10.0 Å². The smallest absolute Gasteiger partial charge is 0.233 e. The van der Waals surface area contributed by atoms with Crippen molar-refractivity contribution in [3.8, 4) is 0 Å². The van der Waals surface area contributed by atoms with Crippen molar-refractivity contribution in [3.63, 3.8) is 0 Å². The first-order valence-corrected chi connectivity index (χ1v) is 10.5. The summed E-state index contributed by atoms with van der Waals surface area (Å²) in [5, 5.41) is 3.82. The largest absolute Gasteiger partial charge is 0.328 e. The Morgan fingerprint density at radius 3 is 2.55 bits per heavy atom. The lowest BCUT2D eigenvalue weighted by Crippen LogP contribution is -2.27. The quantitative estimate of drug-likeness (QED) is 0.511. The van der Waals surface area contributed by atoms with Crippen LogP contribution in [0.2, 0.25) is 0 Å². The van der Waals surface area contributed by atoms with E-state index in [4.69, 9.17) is 0 Å². The number of fused-ring (bicyclic) bond motifs is 1. The van der Waals surface area contributed by atoms with Gasteiger partial charge < -0.3 is 4.57 Å². The molecular formula is C18H18N8O2S. The van der Waals surface area contributed by atoms with Crippen LogP contribution in [0.15, 0.2) is 55.2 Å². The monoisotopic (exact) mass is 410 g/mol. The summed E-state index contributed by atoms with van der Waals surface area (Å²) >= 11 is 0. The summed E-state index contributed by atoms with van der Waals surface area (Å²) in [7, 11) is -1.94. The summed E-state index contributed by atoms with van der Waals surface area (Å²) in [6.07, 6.45) is 9.54. The van der Waals surface area contributed by atoms with Crippen molar-refractivity contribution < 1.29 is 8.42 Å². The molecule has 0 amide bonds. The Bertz CT molecular complexity index is 1260. The van der Waals surface area contributed by atoms with Crippen LogP contribution in [0.1, 0.15) is 5.56 Å².